The molecule has 78 valence electrons. The minimum atomic E-state index is 0.0288. The third-order valence-corrected chi connectivity index (χ3v) is 3.43. The van der Waals surface area contributed by atoms with Crippen LogP contribution in [0.1, 0.15) is 31.2 Å². The zero-order chi connectivity index (χ0) is 10.6. The van der Waals surface area contributed by atoms with E-state index in [0.717, 1.165) is 12.0 Å². The zero-order valence-electron chi connectivity index (χ0n) is 8.58. The van der Waals surface area contributed by atoms with Crippen molar-refractivity contribution in [1.82, 2.24) is 0 Å². The summed E-state index contributed by atoms with van der Waals surface area (Å²) in [6.07, 6.45) is 0.824. The second-order valence-corrected chi connectivity index (χ2v) is 4.96. The molecular formula is C12H16Cl2. The van der Waals surface area contributed by atoms with E-state index in [0.29, 0.717) is 5.92 Å². The van der Waals surface area contributed by atoms with E-state index < -0.39 is 0 Å². The van der Waals surface area contributed by atoms with E-state index in [9.17, 15) is 0 Å². The first-order valence-corrected chi connectivity index (χ1v) is 5.81. The molecule has 2 atom stereocenters. The highest BCUT2D eigenvalue weighted by atomic mass is 35.5. The maximum atomic E-state index is 6.26. The van der Waals surface area contributed by atoms with Crippen LogP contribution in [0.15, 0.2) is 30.3 Å². The lowest BCUT2D eigenvalue weighted by molar-refractivity contribution is 0.559. The Morgan fingerprint density at radius 3 is 2.14 bits per heavy atom. The number of hydrogen-bond acceptors (Lipinski definition) is 0. The van der Waals surface area contributed by atoms with Crippen LogP contribution < -0.4 is 0 Å². The second kappa shape index (κ2) is 5.63. The molecule has 0 saturated carbocycles. The van der Waals surface area contributed by atoms with Gasteiger partial charge in [0, 0.05) is 5.38 Å². The van der Waals surface area contributed by atoms with Crippen molar-refractivity contribution in [2.24, 2.45) is 5.92 Å². The van der Waals surface area contributed by atoms with Gasteiger partial charge in [-0.25, -0.2) is 0 Å². The van der Waals surface area contributed by atoms with Gasteiger partial charge >= 0.3 is 0 Å². The molecule has 0 N–H and O–H groups in total. The minimum Gasteiger partial charge on any atom is -0.123 e. The molecule has 1 aromatic rings. The Morgan fingerprint density at radius 1 is 1.07 bits per heavy atom. The Bertz CT molecular complexity index is 256. The summed E-state index contributed by atoms with van der Waals surface area (Å²) in [5, 5.41) is 0.179. The highest BCUT2D eigenvalue weighted by molar-refractivity contribution is 6.23. The first-order valence-electron chi connectivity index (χ1n) is 4.94. The molecule has 0 fully saturated rings. The van der Waals surface area contributed by atoms with Crippen molar-refractivity contribution in [1.29, 1.82) is 0 Å². The predicted molar refractivity (Wildman–Crippen MR) is 64.1 cm³/mol. The van der Waals surface area contributed by atoms with Gasteiger partial charge in [-0.1, -0.05) is 44.2 Å². The lowest BCUT2D eigenvalue weighted by Crippen LogP contribution is -2.10. The monoisotopic (exact) mass is 230 g/mol. The van der Waals surface area contributed by atoms with E-state index >= 15 is 0 Å². The van der Waals surface area contributed by atoms with E-state index in [2.05, 4.69) is 13.8 Å². The fraction of sp³-hybridized carbons (Fsp3) is 0.500. The predicted octanol–water partition coefficient (Wildman–Crippen LogP) is 4.62. The van der Waals surface area contributed by atoms with Crippen molar-refractivity contribution in [3.05, 3.63) is 35.9 Å². The van der Waals surface area contributed by atoms with Crippen LogP contribution in [0, 0.1) is 5.92 Å². The summed E-state index contributed by atoms with van der Waals surface area (Å²) >= 11 is 12.4. The van der Waals surface area contributed by atoms with Crippen molar-refractivity contribution in [2.75, 3.05) is 0 Å². The van der Waals surface area contributed by atoms with Crippen LogP contribution in [0.5, 0.6) is 0 Å². The summed E-state index contributed by atoms with van der Waals surface area (Å²) in [5.74, 6) is 0.474. The number of rotatable bonds is 4. The highest BCUT2D eigenvalue weighted by Gasteiger charge is 2.16. The van der Waals surface area contributed by atoms with Crippen LogP contribution in [0.2, 0.25) is 0 Å². The zero-order valence-corrected chi connectivity index (χ0v) is 10.1. The SMILES string of the molecule is CC(C)C(Cl)CC(Cl)c1ccccc1. The lowest BCUT2D eigenvalue weighted by Gasteiger charge is -2.17. The molecule has 0 saturated heterocycles. The topological polar surface area (TPSA) is 0 Å². The molecule has 0 nitrogen and oxygen atoms in total. The Hall–Kier alpha value is -0.200. The molecule has 0 heterocycles. The summed E-state index contributed by atoms with van der Waals surface area (Å²) < 4.78 is 0. The van der Waals surface area contributed by atoms with Crippen molar-refractivity contribution < 1.29 is 0 Å². The highest BCUT2D eigenvalue weighted by Crippen LogP contribution is 2.29. The normalized spacial score (nSPS) is 15.5. The van der Waals surface area contributed by atoms with Crippen LogP contribution in [0.3, 0.4) is 0 Å². The smallest absolute Gasteiger partial charge is 0.0599 e. The molecule has 0 aliphatic carbocycles. The molecule has 2 heteroatoms. The molecule has 0 aromatic heterocycles. The van der Waals surface area contributed by atoms with Crippen molar-refractivity contribution >= 4 is 23.2 Å². The molecule has 14 heavy (non-hydrogen) atoms. The average Bonchev–Trinajstić information content (AvgIpc) is 2.19. The third kappa shape index (κ3) is 3.51. The largest absolute Gasteiger partial charge is 0.123 e. The van der Waals surface area contributed by atoms with E-state index in [4.69, 9.17) is 23.2 Å². The van der Waals surface area contributed by atoms with Gasteiger partial charge in [0.05, 0.1) is 5.38 Å². The molecule has 0 spiro atoms. The van der Waals surface area contributed by atoms with E-state index in [1.165, 1.54) is 0 Å². The summed E-state index contributed by atoms with van der Waals surface area (Å²) in [5.41, 5.74) is 1.15. The molecule has 0 aliphatic rings. The van der Waals surface area contributed by atoms with Crippen LogP contribution in [0.4, 0.5) is 0 Å². The fourth-order valence-corrected chi connectivity index (χ4v) is 1.87. The maximum absolute atomic E-state index is 6.26. The summed E-state index contributed by atoms with van der Waals surface area (Å²) in [6.45, 7) is 4.23. The summed E-state index contributed by atoms with van der Waals surface area (Å²) in [6, 6.07) is 10.1. The van der Waals surface area contributed by atoms with Crippen LogP contribution >= 0.6 is 23.2 Å². The van der Waals surface area contributed by atoms with Gasteiger partial charge in [-0.2, -0.15) is 0 Å². The molecule has 1 aromatic carbocycles. The van der Waals surface area contributed by atoms with E-state index in [1.807, 2.05) is 30.3 Å². The molecule has 0 radical (unpaired) electrons. The molecule has 0 amide bonds. The second-order valence-electron chi connectivity index (χ2n) is 3.87. The van der Waals surface area contributed by atoms with Crippen molar-refractivity contribution in [3.8, 4) is 0 Å². The molecular weight excluding hydrogens is 215 g/mol. The Kier molecular flexibility index (Phi) is 4.77. The number of benzene rings is 1. The maximum Gasteiger partial charge on any atom is 0.0599 e. The van der Waals surface area contributed by atoms with Gasteiger partial charge in [0.25, 0.3) is 0 Å². The number of halogens is 2. The van der Waals surface area contributed by atoms with Gasteiger partial charge in [0.15, 0.2) is 0 Å². The van der Waals surface area contributed by atoms with E-state index in [1.54, 1.807) is 0 Å². The minimum absolute atomic E-state index is 0.0288. The molecule has 2 unspecified atom stereocenters. The third-order valence-electron chi connectivity index (χ3n) is 2.32. The van der Waals surface area contributed by atoms with Gasteiger partial charge in [-0.3, -0.25) is 0 Å². The van der Waals surface area contributed by atoms with E-state index in [-0.39, 0.29) is 10.8 Å². The Labute approximate surface area is 96.2 Å². The van der Waals surface area contributed by atoms with Gasteiger partial charge < -0.3 is 0 Å². The fourth-order valence-electron chi connectivity index (χ4n) is 1.27. The standard InChI is InChI=1S/C12H16Cl2/c1-9(2)11(13)8-12(14)10-6-4-3-5-7-10/h3-7,9,11-12H,8H2,1-2H3. The van der Waals surface area contributed by atoms with Crippen LogP contribution in [-0.4, -0.2) is 5.38 Å². The first kappa shape index (κ1) is 11.9. The molecule has 0 aliphatic heterocycles. The first-order chi connectivity index (χ1) is 6.61. The Morgan fingerprint density at radius 2 is 1.64 bits per heavy atom. The average molecular weight is 231 g/mol. The summed E-state index contributed by atoms with van der Waals surface area (Å²) in [4.78, 5) is 0. The molecule has 0 bridgehead atoms. The van der Waals surface area contributed by atoms with Gasteiger partial charge in [-0.05, 0) is 17.9 Å². The van der Waals surface area contributed by atoms with Gasteiger partial charge in [0.2, 0.25) is 0 Å². The number of hydrogen-bond donors (Lipinski definition) is 0. The van der Waals surface area contributed by atoms with Gasteiger partial charge in [-0.15, -0.1) is 23.2 Å². The quantitative estimate of drug-likeness (QED) is 0.663. The van der Waals surface area contributed by atoms with Crippen LogP contribution in [0.25, 0.3) is 0 Å². The van der Waals surface area contributed by atoms with Crippen molar-refractivity contribution in [3.63, 3.8) is 0 Å². The van der Waals surface area contributed by atoms with Crippen LogP contribution in [-0.2, 0) is 0 Å². The van der Waals surface area contributed by atoms with Gasteiger partial charge in [0.1, 0.15) is 0 Å². The summed E-state index contributed by atoms with van der Waals surface area (Å²) in [7, 11) is 0. The Balaban J connectivity index is 2.55. The lowest BCUT2D eigenvalue weighted by atomic mass is 10.0. The van der Waals surface area contributed by atoms with Crippen molar-refractivity contribution in [2.45, 2.75) is 31.0 Å². The molecule has 1 rings (SSSR count). The number of alkyl halides is 2.